The van der Waals surface area contributed by atoms with Gasteiger partial charge in [0, 0.05) is 36.9 Å². The molecule has 0 spiro atoms. The number of rotatable bonds is 5. The van der Waals surface area contributed by atoms with Crippen molar-refractivity contribution in [2.75, 3.05) is 18.0 Å². The average Bonchev–Trinajstić information content (AvgIpc) is 3.21. The Morgan fingerprint density at radius 1 is 1.15 bits per heavy atom. The topological polar surface area (TPSA) is 84.2 Å². The van der Waals surface area contributed by atoms with Gasteiger partial charge in [0.05, 0.1) is 27.5 Å². The Labute approximate surface area is 242 Å². The standard InChI is InChI=1S/C31H30ClFN6O2/c1-5-25(40)37-15-19-10-11-20(16-37)38(19)30-22-14-23(32)27(21-8-6-7-9-24(21)33)35-29(22)39(31(41)36-30)28-18(4)12-13-34-26(28)17(2)3/h5-9,12-14,17,19-20H,1,10-11,15-16H2,2-4H3/t19-,20?/m0/s1. The van der Waals surface area contributed by atoms with E-state index in [1.54, 1.807) is 35.4 Å². The third-order valence-electron chi connectivity index (χ3n) is 8.07. The van der Waals surface area contributed by atoms with E-state index in [1.807, 2.05) is 26.8 Å². The van der Waals surface area contributed by atoms with Crippen LogP contribution in [0.1, 0.15) is 43.9 Å². The molecule has 1 amide bonds. The third kappa shape index (κ3) is 4.48. The molecule has 41 heavy (non-hydrogen) atoms. The van der Waals surface area contributed by atoms with Crippen LogP contribution in [0.2, 0.25) is 5.02 Å². The van der Waals surface area contributed by atoms with E-state index in [0.717, 1.165) is 24.1 Å². The Balaban J connectivity index is 1.64. The van der Waals surface area contributed by atoms with Crippen LogP contribution in [0.3, 0.4) is 0 Å². The summed E-state index contributed by atoms with van der Waals surface area (Å²) in [5.74, 6) is -0.0917. The van der Waals surface area contributed by atoms with Crippen molar-refractivity contribution in [2.45, 2.75) is 51.6 Å². The van der Waals surface area contributed by atoms with Crippen molar-refractivity contribution in [3.05, 3.63) is 87.8 Å². The van der Waals surface area contributed by atoms with Crippen molar-refractivity contribution in [1.82, 2.24) is 24.4 Å². The third-order valence-corrected chi connectivity index (χ3v) is 8.36. The fraction of sp³-hybridized carbons (Fsp3) is 0.323. The lowest BCUT2D eigenvalue weighted by atomic mass is 10.0. The molecular weight excluding hydrogens is 543 g/mol. The van der Waals surface area contributed by atoms with E-state index in [4.69, 9.17) is 16.6 Å². The summed E-state index contributed by atoms with van der Waals surface area (Å²) in [6, 6.07) is 9.81. The first-order valence-electron chi connectivity index (χ1n) is 13.7. The van der Waals surface area contributed by atoms with Crippen molar-refractivity contribution in [2.24, 2.45) is 0 Å². The highest BCUT2D eigenvalue weighted by atomic mass is 35.5. The lowest BCUT2D eigenvalue weighted by Crippen LogP contribution is -2.55. The van der Waals surface area contributed by atoms with E-state index in [2.05, 4.69) is 21.4 Å². The highest BCUT2D eigenvalue weighted by Gasteiger charge is 2.43. The molecule has 2 bridgehead atoms. The summed E-state index contributed by atoms with van der Waals surface area (Å²) < 4.78 is 16.5. The first-order chi connectivity index (χ1) is 19.7. The number of hydrogen-bond acceptors (Lipinski definition) is 6. The van der Waals surface area contributed by atoms with Gasteiger partial charge in [-0.2, -0.15) is 4.98 Å². The van der Waals surface area contributed by atoms with Crippen molar-refractivity contribution < 1.29 is 9.18 Å². The number of aromatic nitrogens is 4. The molecular formula is C31H30ClFN6O2. The molecule has 5 heterocycles. The molecule has 0 saturated carbocycles. The largest absolute Gasteiger partial charge is 0.355 e. The van der Waals surface area contributed by atoms with Crippen LogP contribution in [0.25, 0.3) is 28.0 Å². The van der Waals surface area contributed by atoms with E-state index >= 15 is 0 Å². The minimum absolute atomic E-state index is 0.0104. The van der Waals surface area contributed by atoms with E-state index in [9.17, 15) is 14.0 Å². The maximum absolute atomic E-state index is 15.0. The zero-order valence-corrected chi connectivity index (χ0v) is 23.9. The second kappa shape index (κ2) is 10.4. The molecule has 2 atom stereocenters. The predicted molar refractivity (Wildman–Crippen MR) is 158 cm³/mol. The first kappa shape index (κ1) is 27.1. The van der Waals surface area contributed by atoms with Crippen LogP contribution in [0.5, 0.6) is 0 Å². The molecule has 4 aromatic rings. The zero-order valence-electron chi connectivity index (χ0n) is 23.1. The Kier molecular flexibility index (Phi) is 6.85. The van der Waals surface area contributed by atoms with E-state index in [1.165, 1.54) is 16.7 Å². The van der Waals surface area contributed by atoms with Gasteiger partial charge in [0.25, 0.3) is 0 Å². The minimum atomic E-state index is -0.510. The second-order valence-corrected chi connectivity index (χ2v) is 11.4. The quantitative estimate of drug-likeness (QED) is 0.296. The summed E-state index contributed by atoms with van der Waals surface area (Å²) in [5, 5.41) is 0.823. The number of likely N-dealkylation sites (tertiary alicyclic amines) is 1. The van der Waals surface area contributed by atoms with Crippen LogP contribution >= 0.6 is 11.6 Å². The van der Waals surface area contributed by atoms with Crippen molar-refractivity contribution in [3.8, 4) is 16.9 Å². The summed E-state index contributed by atoms with van der Waals surface area (Å²) in [6.45, 7) is 10.6. The Hall–Kier alpha value is -4.11. The normalized spacial score (nSPS) is 18.4. The Bertz CT molecular complexity index is 1760. The van der Waals surface area contributed by atoms with E-state index in [-0.39, 0.29) is 40.2 Å². The number of piperazine rings is 1. The molecule has 2 aliphatic heterocycles. The van der Waals surface area contributed by atoms with Crippen LogP contribution in [-0.2, 0) is 4.79 Å². The predicted octanol–water partition coefficient (Wildman–Crippen LogP) is 5.43. The summed E-state index contributed by atoms with van der Waals surface area (Å²) in [6.07, 6.45) is 4.76. The van der Waals surface area contributed by atoms with E-state index in [0.29, 0.717) is 35.6 Å². The first-order valence-corrected chi connectivity index (χ1v) is 14.1. The summed E-state index contributed by atoms with van der Waals surface area (Å²) in [7, 11) is 0. The molecule has 10 heteroatoms. The fourth-order valence-electron chi connectivity index (χ4n) is 6.19. The molecule has 2 saturated heterocycles. The van der Waals surface area contributed by atoms with Gasteiger partial charge in [-0.05, 0) is 61.6 Å². The number of hydrogen-bond donors (Lipinski definition) is 0. The van der Waals surface area contributed by atoms with Crippen LogP contribution in [0.4, 0.5) is 10.2 Å². The van der Waals surface area contributed by atoms with Crippen molar-refractivity contribution in [1.29, 1.82) is 0 Å². The zero-order chi connectivity index (χ0) is 29.0. The number of pyridine rings is 2. The SMILES string of the molecule is C=CC(=O)N1CC2CC[C@@H](C1)N2c1nc(=O)n(-c2c(C)ccnc2C(C)C)c2nc(-c3ccccc3F)c(Cl)cc12. The van der Waals surface area contributed by atoms with Crippen molar-refractivity contribution >= 4 is 34.4 Å². The van der Waals surface area contributed by atoms with Gasteiger partial charge in [-0.1, -0.05) is 44.2 Å². The van der Waals surface area contributed by atoms with Gasteiger partial charge in [-0.25, -0.2) is 18.7 Å². The number of carbonyl (C=O) groups is 1. The maximum Gasteiger partial charge on any atom is 0.355 e. The molecule has 3 aromatic heterocycles. The molecule has 6 rings (SSSR count). The van der Waals surface area contributed by atoms with Crippen LogP contribution in [-0.4, -0.2) is 55.5 Å². The maximum atomic E-state index is 15.0. The van der Waals surface area contributed by atoms with Gasteiger partial charge in [0.2, 0.25) is 5.91 Å². The molecule has 8 nitrogen and oxygen atoms in total. The number of halogens is 2. The average molecular weight is 573 g/mol. The van der Waals surface area contributed by atoms with Crippen molar-refractivity contribution in [3.63, 3.8) is 0 Å². The lowest BCUT2D eigenvalue weighted by Gasteiger charge is -2.41. The summed E-state index contributed by atoms with van der Waals surface area (Å²) in [5.41, 5.74) is 2.45. The second-order valence-electron chi connectivity index (χ2n) is 11.0. The molecule has 1 unspecified atom stereocenters. The van der Waals surface area contributed by atoms with Crippen LogP contribution in [0.15, 0.2) is 60.0 Å². The molecule has 1 aromatic carbocycles. The number of fused-ring (bicyclic) bond motifs is 3. The molecule has 2 aliphatic rings. The summed E-state index contributed by atoms with van der Waals surface area (Å²) in [4.78, 5) is 44.5. The minimum Gasteiger partial charge on any atom is -0.346 e. The molecule has 0 aliphatic carbocycles. The summed E-state index contributed by atoms with van der Waals surface area (Å²) >= 11 is 6.80. The number of anilines is 1. The number of aryl methyl sites for hydroxylation is 1. The highest BCUT2D eigenvalue weighted by molar-refractivity contribution is 6.33. The highest BCUT2D eigenvalue weighted by Crippen LogP contribution is 2.40. The smallest absolute Gasteiger partial charge is 0.346 e. The molecule has 2 fully saturated rings. The van der Waals surface area contributed by atoms with Crippen LogP contribution < -0.4 is 10.6 Å². The number of carbonyl (C=O) groups excluding carboxylic acids is 1. The van der Waals surface area contributed by atoms with Gasteiger partial charge in [-0.15, -0.1) is 0 Å². The van der Waals surface area contributed by atoms with Gasteiger partial charge in [-0.3, -0.25) is 9.78 Å². The van der Waals surface area contributed by atoms with Gasteiger partial charge in [0.1, 0.15) is 11.6 Å². The van der Waals surface area contributed by atoms with Gasteiger partial charge >= 0.3 is 5.69 Å². The Morgan fingerprint density at radius 2 is 1.85 bits per heavy atom. The lowest BCUT2D eigenvalue weighted by molar-refractivity contribution is -0.126. The molecule has 0 radical (unpaired) electrons. The monoisotopic (exact) mass is 572 g/mol. The molecule has 210 valence electrons. The van der Waals surface area contributed by atoms with Gasteiger partial charge in [0.15, 0.2) is 5.65 Å². The number of nitrogens with zero attached hydrogens (tertiary/aromatic N) is 6. The number of amides is 1. The van der Waals surface area contributed by atoms with Gasteiger partial charge < -0.3 is 9.80 Å². The van der Waals surface area contributed by atoms with Crippen LogP contribution in [0, 0.1) is 12.7 Å². The fourth-order valence-corrected chi connectivity index (χ4v) is 6.44. The number of benzene rings is 1. The molecule has 0 N–H and O–H groups in total. The van der Waals surface area contributed by atoms with E-state index < -0.39 is 11.5 Å². The Morgan fingerprint density at radius 3 is 2.51 bits per heavy atom.